The number of nitrogens with one attached hydrogen (secondary N) is 1. The van der Waals surface area contributed by atoms with E-state index in [1.807, 2.05) is 0 Å². The molecule has 6 heteroatoms. The van der Waals surface area contributed by atoms with Crippen molar-refractivity contribution in [3.05, 3.63) is 11.6 Å². The molecule has 3 saturated carbocycles. The van der Waals surface area contributed by atoms with Crippen LogP contribution in [-0.2, 0) is 9.53 Å². The van der Waals surface area contributed by atoms with Crippen LogP contribution in [0.4, 0.5) is 0 Å². The van der Waals surface area contributed by atoms with Gasteiger partial charge in [-0.3, -0.25) is 10.2 Å². The third kappa shape index (κ3) is 3.17. The quantitative estimate of drug-likeness (QED) is 0.413. The van der Waals surface area contributed by atoms with E-state index in [0.29, 0.717) is 5.92 Å². The molecule has 0 amide bonds. The zero-order chi connectivity index (χ0) is 20.1. The van der Waals surface area contributed by atoms with Crippen LogP contribution in [0, 0.1) is 28.6 Å². The minimum atomic E-state index is -0.125. The molecule has 0 aromatic rings. The fraction of sp³-hybridized carbons (Fsp3) is 0.773. The van der Waals surface area contributed by atoms with Crippen LogP contribution in [0.5, 0.6) is 0 Å². The molecule has 5 nitrogen and oxygen atoms in total. The fourth-order valence-electron chi connectivity index (χ4n) is 7.13. The first-order valence-corrected chi connectivity index (χ1v) is 11.1. The molecule has 6 atom stereocenters. The Morgan fingerprint density at radius 2 is 2.00 bits per heavy atom. The topological polar surface area (TPSA) is 76.7 Å². The average Bonchev–Trinajstić information content (AvgIpc) is 2.95. The van der Waals surface area contributed by atoms with Gasteiger partial charge in [-0.2, -0.15) is 5.10 Å². The SMILES string of the molecule is CC(=O)OC1CCC2C3CCC4=C/C(=N/NC(N)=S)CCC4(C)C3CCC12C. The Morgan fingerprint density at radius 1 is 1.21 bits per heavy atom. The molecule has 4 rings (SSSR count). The van der Waals surface area contributed by atoms with Crippen molar-refractivity contribution in [2.24, 2.45) is 39.4 Å². The summed E-state index contributed by atoms with van der Waals surface area (Å²) in [5.41, 5.74) is 11.3. The Hall–Kier alpha value is -1.43. The number of esters is 1. The summed E-state index contributed by atoms with van der Waals surface area (Å²) in [4.78, 5) is 11.6. The molecule has 6 unspecified atom stereocenters. The van der Waals surface area contributed by atoms with Crippen molar-refractivity contribution < 1.29 is 9.53 Å². The summed E-state index contributed by atoms with van der Waals surface area (Å²) < 4.78 is 5.76. The van der Waals surface area contributed by atoms with E-state index >= 15 is 0 Å². The predicted octanol–water partition coefficient (Wildman–Crippen LogP) is 4.07. The van der Waals surface area contributed by atoms with Crippen molar-refractivity contribution in [1.82, 2.24) is 5.43 Å². The standard InChI is InChI=1S/C22H33N3O2S/c1-13(26)27-19-7-6-17-16-5-4-14-12-15(24-25-20(23)28)8-10-21(14,2)18(16)9-11-22(17,19)3/h12,16-19H,4-11H2,1-3H3,(H3,23,25,28)/b24-15+. The van der Waals surface area contributed by atoms with Crippen molar-refractivity contribution in [2.75, 3.05) is 0 Å². The first-order valence-electron chi connectivity index (χ1n) is 10.7. The average molecular weight is 404 g/mol. The van der Waals surface area contributed by atoms with Gasteiger partial charge >= 0.3 is 5.97 Å². The van der Waals surface area contributed by atoms with Crippen molar-refractivity contribution in [3.63, 3.8) is 0 Å². The van der Waals surface area contributed by atoms with E-state index in [1.165, 1.54) is 25.7 Å². The van der Waals surface area contributed by atoms with E-state index in [9.17, 15) is 4.79 Å². The van der Waals surface area contributed by atoms with E-state index in [-0.39, 0.29) is 28.0 Å². The third-order valence-electron chi connectivity index (χ3n) is 8.51. The summed E-state index contributed by atoms with van der Waals surface area (Å²) in [5, 5.41) is 4.61. The number of nitrogens with zero attached hydrogens (tertiary/aromatic N) is 1. The van der Waals surface area contributed by atoms with Crippen LogP contribution in [0.15, 0.2) is 16.8 Å². The number of fused-ring (bicyclic) bond motifs is 5. The Morgan fingerprint density at radius 3 is 2.71 bits per heavy atom. The molecule has 0 aromatic heterocycles. The molecule has 28 heavy (non-hydrogen) atoms. The molecule has 0 aromatic carbocycles. The predicted molar refractivity (Wildman–Crippen MR) is 115 cm³/mol. The lowest BCUT2D eigenvalue weighted by Gasteiger charge is -2.58. The van der Waals surface area contributed by atoms with E-state index < -0.39 is 0 Å². The molecule has 0 saturated heterocycles. The largest absolute Gasteiger partial charge is 0.462 e. The second kappa shape index (κ2) is 7.12. The first-order chi connectivity index (χ1) is 13.2. The van der Waals surface area contributed by atoms with Crippen molar-refractivity contribution in [1.29, 1.82) is 0 Å². The molecule has 3 fully saturated rings. The highest BCUT2D eigenvalue weighted by molar-refractivity contribution is 7.80. The number of carbonyl (C=O) groups excluding carboxylic acids is 1. The lowest BCUT2D eigenvalue weighted by atomic mass is 9.47. The maximum atomic E-state index is 11.6. The number of ether oxygens (including phenoxy) is 1. The van der Waals surface area contributed by atoms with E-state index in [2.05, 4.69) is 30.5 Å². The smallest absolute Gasteiger partial charge is 0.302 e. The van der Waals surface area contributed by atoms with Crippen LogP contribution in [-0.4, -0.2) is 22.9 Å². The molecule has 0 bridgehead atoms. The number of hydrogen-bond donors (Lipinski definition) is 2. The van der Waals surface area contributed by atoms with Gasteiger partial charge in [0.2, 0.25) is 0 Å². The van der Waals surface area contributed by atoms with Gasteiger partial charge in [-0.1, -0.05) is 19.4 Å². The molecular weight excluding hydrogens is 370 g/mol. The van der Waals surface area contributed by atoms with Crippen molar-refractivity contribution >= 4 is 29.0 Å². The normalized spacial score (nSPS) is 43.4. The highest BCUT2D eigenvalue weighted by Gasteiger charge is 2.59. The minimum absolute atomic E-state index is 0.108. The van der Waals surface area contributed by atoms with Crippen molar-refractivity contribution in [2.45, 2.75) is 78.2 Å². The van der Waals surface area contributed by atoms with Crippen LogP contribution < -0.4 is 11.2 Å². The number of nitrogens with two attached hydrogens (primary N) is 1. The lowest BCUT2D eigenvalue weighted by Crippen LogP contribution is -2.51. The molecule has 0 spiro atoms. The Balaban J connectivity index is 1.56. The van der Waals surface area contributed by atoms with E-state index in [1.54, 1.807) is 12.5 Å². The van der Waals surface area contributed by atoms with Crippen molar-refractivity contribution in [3.8, 4) is 0 Å². The van der Waals surface area contributed by atoms with Gasteiger partial charge in [0.15, 0.2) is 5.11 Å². The maximum Gasteiger partial charge on any atom is 0.302 e. The molecule has 4 aliphatic rings. The number of allylic oxidation sites excluding steroid dienone is 2. The maximum absolute atomic E-state index is 11.6. The fourth-order valence-corrected chi connectivity index (χ4v) is 7.18. The van der Waals surface area contributed by atoms with Gasteiger partial charge in [0.05, 0.1) is 5.71 Å². The molecule has 0 radical (unpaired) electrons. The number of carbonyl (C=O) groups is 1. The van der Waals surface area contributed by atoms with Gasteiger partial charge in [-0.05, 0) is 92.8 Å². The zero-order valence-electron chi connectivity index (χ0n) is 17.3. The number of hydrazone groups is 1. The lowest BCUT2D eigenvalue weighted by molar-refractivity contribution is -0.157. The van der Waals surface area contributed by atoms with Crippen LogP contribution >= 0.6 is 12.2 Å². The highest BCUT2D eigenvalue weighted by atomic mass is 32.1. The van der Waals surface area contributed by atoms with Gasteiger partial charge in [0.1, 0.15) is 6.10 Å². The van der Waals surface area contributed by atoms with Gasteiger partial charge in [0.25, 0.3) is 0 Å². The summed E-state index contributed by atoms with van der Waals surface area (Å²) in [5.74, 6) is 2.03. The van der Waals surface area contributed by atoms with Gasteiger partial charge < -0.3 is 10.5 Å². The molecule has 3 N–H and O–H groups in total. The summed E-state index contributed by atoms with van der Waals surface area (Å²) in [6.45, 7) is 6.41. The molecule has 0 heterocycles. The van der Waals surface area contributed by atoms with Crippen LogP contribution in [0.2, 0.25) is 0 Å². The van der Waals surface area contributed by atoms with Gasteiger partial charge in [0, 0.05) is 12.3 Å². The molecule has 0 aliphatic heterocycles. The Labute approximate surface area is 173 Å². The summed E-state index contributed by atoms with van der Waals surface area (Å²) >= 11 is 4.87. The second-order valence-electron chi connectivity index (χ2n) is 9.80. The van der Waals surface area contributed by atoms with Crippen LogP contribution in [0.25, 0.3) is 0 Å². The van der Waals surface area contributed by atoms with Gasteiger partial charge in [-0.15, -0.1) is 0 Å². The van der Waals surface area contributed by atoms with E-state index in [4.69, 9.17) is 22.7 Å². The van der Waals surface area contributed by atoms with Crippen LogP contribution in [0.1, 0.15) is 72.1 Å². The Kier molecular flexibility index (Phi) is 5.05. The Bertz CT molecular complexity index is 748. The zero-order valence-corrected chi connectivity index (χ0v) is 18.1. The number of thiocarbonyl (C=S) groups is 1. The first kappa shape index (κ1) is 19.9. The van der Waals surface area contributed by atoms with E-state index in [0.717, 1.165) is 43.2 Å². The number of rotatable bonds is 2. The molecule has 4 aliphatic carbocycles. The second-order valence-corrected chi connectivity index (χ2v) is 10.2. The summed E-state index contributed by atoms with van der Waals surface area (Å²) in [6.07, 6.45) is 11.6. The van der Waals surface area contributed by atoms with Crippen LogP contribution in [0.3, 0.4) is 0 Å². The summed E-state index contributed by atoms with van der Waals surface area (Å²) in [6, 6.07) is 0. The minimum Gasteiger partial charge on any atom is -0.462 e. The highest BCUT2D eigenvalue weighted by Crippen LogP contribution is 2.65. The molecular formula is C22H33N3O2S. The number of hydrogen-bond acceptors (Lipinski definition) is 4. The molecule has 154 valence electrons. The monoisotopic (exact) mass is 403 g/mol. The third-order valence-corrected chi connectivity index (χ3v) is 8.60. The van der Waals surface area contributed by atoms with Gasteiger partial charge in [-0.25, -0.2) is 0 Å². The summed E-state index contributed by atoms with van der Waals surface area (Å²) in [7, 11) is 0.